The third kappa shape index (κ3) is 6.29. The number of benzene rings is 2. The van der Waals surface area contributed by atoms with Gasteiger partial charge in [-0.3, -0.25) is 0 Å². The Balaban J connectivity index is 2.44. The summed E-state index contributed by atoms with van der Waals surface area (Å²) in [5.41, 5.74) is 2.09. The van der Waals surface area contributed by atoms with Crippen LogP contribution >= 0.6 is 0 Å². The molecule has 0 saturated heterocycles. The monoisotopic (exact) mass is 408 g/mol. The summed E-state index contributed by atoms with van der Waals surface area (Å²) >= 11 is 0. The molecule has 5 heteroatoms. The Morgan fingerprint density at radius 2 is 1.41 bits per heavy atom. The quantitative estimate of drug-likeness (QED) is 0.160. The number of carboxylic acid groups (broad SMARTS) is 1. The van der Waals surface area contributed by atoms with Crippen molar-refractivity contribution in [3.05, 3.63) is 89.5 Å². The molecule has 0 aliphatic rings. The van der Waals surface area contributed by atoms with Crippen molar-refractivity contribution >= 4 is 25.6 Å². The molecule has 0 aliphatic heterocycles. The standard InChI is InChI=1S/C24H28O4Si/c1-5-22(29(2,3)4)28-24(27)21(23(25)26)17-16-20(18-12-8-6-9-13-18)19-14-10-7-11-15-19/h6-17,22H,5H2,1-4H3,(H,25,26)/b21-17-. The molecule has 0 heterocycles. The van der Waals surface area contributed by atoms with Crippen molar-refractivity contribution in [3.8, 4) is 0 Å². The average Bonchev–Trinajstić information content (AvgIpc) is 2.69. The summed E-state index contributed by atoms with van der Waals surface area (Å²) in [6.07, 6.45) is 3.69. The normalized spacial score (nSPS) is 12.8. The maximum Gasteiger partial charge on any atom is 0.345 e. The molecular formula is C24H28O4Si. The highest BCUT2D eigenvalue weighted by Crippen LogP contribution is 2.24. The fourth-order valence-corrected chi connectivity index (χ4v) is 4.74. The van der Waals surface area contributed by atoms with Crippen molar-refractivity contribution in [2.75, 3.05) is 0 Å². The molecule has 0 fully saturated rings. The third-order valence-corrected chi connectivity index (χ3v) is 7.08. The van der Waals surface area contributed by atoms with Crippen LogP contribution < -0.4 is 0 Å². The molecule has 0 aliphatic carbocycles. The Kier molecular flexibility index (Phi) is 7.73. The molecule has 0 aromatic heterocycles. The van der Waals surface area contributed by atoms with Crippen molar-refractivity contribution in [2.24, 2.45) is 0 Å². The second kappa shape index (κ2) is 10.0. The number of carboxylic acids is 1. The van der Waals surface area contributed by atoms with Crippen LogP contribution in [0.4, 0.5) is 0 Å². The number of hydrogen-bond donors (Lipinski definition) is 1. The smallest absolute Gasteiger partial charge is 0.345 e. The first-order valence-electron chi connectivity index (χ1n) is 9.71. The zero-order valence-corrected chi connectivity index (χ0v) is 18.4. The van der Waals surface area contributed by atoms with Crippen LogP contribution in [0.3, 0.4) is 0 Å². The molecule has 152 valence electrons. The Morgan fingerprint density at radius 1 is 0.931 bits per heavy atom. The van der Waals surface area contributed by atoms with E-state index in [1.165, 1.54) is 6.08 Å². The molecule has 2 rings (SSSR count). The lowest BCUT2D eigenvalue weighted by atomic mass is 9.97. The van der Waals surface area contributed by atoms with Crippen LogP contribution in [0.25, 0.3) is 5.57 Å². The summed E-state index contributed by atoms with van der Waals surface area (Å²) in [5, 5.41) is 9.60. The van der Waals surface area contributed by atoms with Crippen LogP contribution in [0.1, 0.15) is 24.5 Å². The van der Waals surface area contributed by atoms with E-state index in [4.69, 9.17) is 4.74 Å². The van der Waals surface area contributed by atoms with Crippen LogP contribution in [0.15, 0.2) is 78.4 Å². The first-order valence-corrected chi connectivity index (χ1v) is 13.3. The Bertz CT molecular complexity index is 852. The molecule has 0 amide bonds. The number of allylic oxidation sites excluding steroid dienone is 2. The van der Waals surface area contributed by atoms with Crippen LogP contribution in [0, 0.1) is 0 Å². The number of rotatable bonds is 8. The van der Waals surface area contributed by atoms with Gasteiger partial charge in [0.05, 0.1) is 13.8 Å². The molecule has 4 nitrogen and oxygen atoms in total. The van der Waals surface area contributed by atoms with Gasteiger partial charge in [0.2, 0.25) is 0 Å². The zero-order chi connectivity index (χ0) is 21.4. The number of esters is 1. The molecule has 0 bridgehead atoms. The Morgan fingerprint density at radius 3 is 1.79 bits per heavy atom. The maximum absolute atomic E-state index is 12.6. The second-order valence-electron chi connectivity index (χ2n) is 7.87. The van der Waals surface area contributed by atoms with E-state index >= 15 is 0 Å². The van der Waals surface area contributed by atoms with E-state index in [1.54, 1.807) is 6.08 Å². The van der Waals surface area contributed by atoms with Gasteiger partial charge in [-0.15, -0.1) is 0 Å². The molecule has 2 aromatic rings. The highest BCUT2D eigenvalue weighted by molar-refractivity contribution is 6.77. The summed E-state index contributed by atoms with van der Waals surface area (Å²) in [5.74, 6) is -2.08. The minimum absolute atomic E-state index is 0.232. The third-order valence-electron chi connectivity index (χ3n) is 4.62. The number of carbonyl (C=O) groups excluding carboxylic acids is 1. The number of aliphatic carboxylic acids is 1. The van der Waals surface area contributed by atoms with Gasteiger partial charge in [0, 0.05) is 0 Å². The van der Waals surface area contributed by atoms with E-state index in [0.717, 1.165) is 16.7 Å². The minimum Gasteiger partial charge on any atom is -0.477 e. The lowest BCUT2D eigenvalue weighted by molar-refractivity contribution is -0.145. The fraction of sp³-hybridized carbons (Fsp3) is 0.250. The van der Waals surface area contributed by atoms with Crippen LogP contribution in [-0.4, -0.2) is 30.8 Å². The van der Waals surface area contributed by atoms with Crippen molar-refractivity contribution in [3.63, 3.8) is 0 Å². The number of ether oxygens (including phenoxy) is 1. The van der Waals surface area contributed by atoms with Crippen molar-refractivity contribution in [1.29, 1.82) is 0 Å². The van der Waals surface area contributed by atoms with Crippen LogP contribution in [0.2, 0.25) is 19.6 Å². The Labute approximate surface area is 173 Å². The van der Waals surface area contributed by atoms with Crippen molar-refractivity contribution < 1.29 is 19.4 Å². The van der Waals surface area contributed by atoms with Gasteiger partial charge >= 0.3 is 11.9 Å². The highest BCUT2D eigenvalue weighted by Gasteiger charge is 2.31. The minimum atomic E-state index is -1.76. The molecule has 1 unspecified atom stereocenters. The van der Waals surface area contributed by atoms with E-state index < -0.39 is 20.0 Å². The molecular weight excluding hydrogens is 380 g/mol. The first kappa shape index (κ1) is 22.4. The molecule has 0 saturated carbocycles. The van der Waals surface area contributed by atoms with Gasteiger partial charge < -0.3 is 9.84 Å². The second-order valence-corrected chi connectivity index (χ2v) is 13.2. The molecule has 1 atom stereocenters. The van der Waals surface area contributed by atoms with Gasteiger partial charge in [0.25, 0.3) is 0 Å². The Hall–Kier alpha value is -2.92. The summed E-state index contributed by atoms with van der Waals surface area (Å²) in [6.45, 7) is 8.24. The predicted octanol–water partition coefficient (Wildman–Crippen LogP) is 5.33. The van der Waals surface area contributed by atoms with Gasteiger partial charge in [-0.1, -0.05) is 93.3 Å². The fourth-order valence-electron chi connectivity index (χ4n) is 3.05. The summed E-state index contributed by atoms with van der Waals surface area (Å²) in [4.78, 5) is 24.4. The highest BCUT2D eigenvalue weighted by atomic mass is 28.3. The molecule has 2 aromatic carbocycles. The topological polar surface area (TPSA) is 63.6 Å². The number of hydrogen-bond acceptors (Lipinski definition) is 3. The summed E-state index contributed by atoms with van der Waals surface area (Å²) < 4.78 is 5.58. The van der Waals surface area contributed by atoms with Gasteiger partial charge in [-0.25, -0.2) is 9.59 Å². The average molecular weight is 409 g/mol. The lowest BCUT2D eigenvalue weighted by Gasteiger charge is -2.27. The SMILES string of the molecule is CCC(OC(=O)/C(=C\C=C(c1ccccc1)c1ccccc1)C(=O)O)[Si](C)(C)C. The van der Waals surface area contributed by atoms with Crippen molar-refractivity contribution in [1.82, 2.24) is 0 Å². The largest absolute Gasteiger partial charge is 0.477 e. The van der Waals surface area contributed by atoms with Gasteiger partial charge in [-0.2, -0.15) is 0 Å². The van der Waals surface area contributed by atoms with E-state index in [-0.39, 0.29) is 11.3 Å². The van der Waals surface area contributed by atoms with Gasteiger partial charge in [-0.05, 0) is 29.2 Å². The van der Waals surface area contributed by atoms with Gasteiger partial charge in [0.1, 0.15) is 5.57 Å². The van der Waals surface area contributed by atoms with Crippen LogP contribution in [-0.2, 0) is 14.3 Å². The lowest BCUT2D eigenvalue weighted by Crippen LogP contribution is -2.41. The van der Waals surface area contributed by atoms with Crippen molar-refractivity contribution in [2.45, 2.75) is 38.7 Å². The van der Waals surface area contributed by atoms with Gasteiger partial charge in [0.15, 0.2) is 0 Å². The summed E-state index contributed by atoms with van der Waals surface area (Å²) in [7, 11) is -1.76. The van der Waals surface area contributed by atoms with E-state index in [0.29, 0.717) is 6.42 Å². The first-order chi connectivity index (χ1) is 13.7. The molecule has 29 heavy (non-hydrogen) atoms. The summed E-state index contributed by atoms with van der Waals surface area (Å²) in [6, 6.07) is 19.3. The molecule has 1 N–H and O–H groups in total. The molecule has 0 radical (unpaired) electrons. The zero-order valence-electron chi connectivity index (χ0n) is 17.4. The molecule has 0 spiro atoms. The van der Waals surface area contributed by atoms with E-state index in [9.17, 15) is 14.7 Å². The van der Waals surface area contributed by atoms with E-state index in [2.05, 4.69) is 19.6 Å². The van der Waals surface area contributed by atoms with Crippen LogP contribution in [0.5, 0.6) is 0 Å². The maximum atomic E-state index is 12.6. The van der Waals surface area contributed by atoms with E-state index in [1.807, 2.05) is 67.6 Å². The number of carbonyl (C=O) groups is 2. The predicted molar refractivity (Wildman–Crippen MR) is 119 cm³/mol.